The van der Waals surface area contributed by atoms with Crippen molar-refractivity contribution in [1.82, 2.24) is 9.80 Å². The van der Waals surface area contributed by atoms with Crippen LogP contribution in [-0.4, -0.2) is 74.1 Å². The Bertz CT molecular complexity index is 758. The number of piperidine rings is 1. The average molecular weight is 404 g/mol. The summed E-state index contributed by atoms with van der Waals surface area (Å²) in [6.07, 6.45) is 1.97. The molecule has 0 bridgehead atoms. The Kier molecular flexibility index (Phi) is 6.95. The van der Waals surface area contributed by atoms with Gasteiger partial charge >= 0.3 is 5.97 Å². The van der Waals surface area contributed by atoms with E-state index in [4.69, 9.17) is 14.2 Å². The SMILES string of the molecule is CCOC(=O)C1CCN(C(=O)CN(C)C(=O)c2ccc3c(c2)OCCCO3)CC1. The minimum atomic E-state index is -0.254. The maximum Gasteiger partial charge on any atom is 0.309 e. The van der Waals surface area contributed by atoms with Gasteiger partial charge in [-0.2, -0.15) is 0 Å². The Morgan fingerprint density at radius 3 is 2.52 bits per heavy atom. The van der Waals surface area contributed by atoms with Crippen LogP contribution in [0.1, 0.15) is 36.5 Å². The number of hydrogen-bond donors (Lipinski definition) is 0. The molecule has 2 aliphatic rings. The summed E-state index contributed by atoms with van der Waals surface area (Å²) in [7, 11) is 1.61. The topological polar surface area (TPSA) is 85.4 Å². The molecule has 0 N–H and O–H groups in total. The van der Waals surface area contributed by atoms with Crippen molar-refractivity contribution in [3.05, 3.63) is 23.8 Å². The lowest BCUT2D eigenvalue weighted by Gasteiger charge is -2.32. The van der Waals surface area contributed by atoms with Crippen molar-refractivity contribution in [2.45, 2.75) is 26.2 Å². The van der Waals surface area contributed by atoms with E-state index in [1.165, 1.54) is 4.90 Å². The smallest absolute Gasteiger partial charge is 0.309 e. The fraction of sp³-hybridized carbons (Fsp3) is 0.571. The largest absolute Gasteiger partial charge is 0.490 e. The summed E-state index contributed by atoms with van der Waals surface area (Å²) < 4.78 is 16.3. The van der Waals surface area contributed by atoms with E-state index in [0.717, 1.165) is 6.42 Å². The summed E-state index contributed by atoms with van der Waals surface area (Å²) in [5, 5.41) is 0. The monoisotopic (exact) mass is 404 g/mol. The zero-order chi connectivity index (χ0) is 20.8. The van der Waals surface area contributed by atoms with E-state index in [1.54, 1.807) is 37.1 Å². The van der Waals surface area contributed by atoms with E-state index in [2.05, 4.69) is 0 Å². The van der Waals surface area contributed by atoms with Crippen LogP contribution in [0, 0.1) is 5.92 Å². The summed E-state index contributed by atoms with van der Waals surface area (Å²) in [5.41, 5.74) is 0.450. The maximum absolute atomic E-state index is 12.7. The van der Waals surface area contributed by atoms with E-state index >= 15 is 0 Å². The molecule has 2 heterocycles. The van der Waals surface area contributed by atoms with Crippen LogP contribution in [0.3, 0.4) is 0 Å². The lowest BCUT2D eigenvalue weighted by atomic mass is 9.97. The fourth-order valence-electron chi connectivity index (χ4n) is 3.52. The Morgan fingerprint density at radius 2 is 1.83 bits per heavy atom. The first-order valence-corrected chi connectivity index (χ1v) is 10.1. The molecule has 1 saturated heterocycles. The summed E-state index contributed by atoms with van der Waals surface area (Å²) in [6.45, 7) is 4.25. The van der Waals surface area contributed by atoms with Gasteiger partial charge in [-0.1, -0.05) is 0 Å². The second kappa shape index (κ2) is 9.62. The van der Waals surface area contributed by atoms with Crippen LogP contribution in [-0.2, 0) is 14.3 Å². The number of esters is 1. The molecule has 2 amide bonds. The quantitative estimate of drug-likeness (QED) is 0.695. The molecule has 0 unspecified atom stereocenters. The standard InChI is InChI=1S/C21H28N2O6/c1-3-27-21(26)15-7-9-23(10-8-15)19(24)14-22(2)20(25)16-5-6-17-18(13-16)29-12-4-11-28-17/h5-6,13,15H,3-4,7-12,14H2,1-2H3. The van der Waals surface area contributed by atoms with E-state index < -0.39 is 0 Å². The zero-order valence-corrected chi connectivity index (χ0v) is 17.0. The Balaban J connectivity index is 1.54. The number of carbonyl (C=O) groups excluding carboxylic acids is 3. The van der Waals surface area contributed by atoms with Crippen LogP contribution in [0.15, 0.2) is 18.2 Å². The van der Waals surface area contributed by atoms with Crippen molar-refractivity contribution in [2.75, 3.05) is 46.5 Å². The molecule has 1 fully saturated rings. The first-order chi connectivity index (χ1) is 14.0. The van der Waals surface area contributed by atoms with Crippen molar-refractivity contribution in [1.29, 1.82) is 0 Å². The molecule has 0 saturated carbocycles. The highest BCUT2D eigenvalue weighted by Crippen LogP contribution is 2.30. The lowest BCUT2D eigenvalue weighted by molar-refractivity contribution is -0.151. The molecule has 158 valence electrons. The van der Waals surface area contributed by atoms with Crippen molar-refractivity contribution >= 4 is 17.8 Å². The minimum absolute atomic E-state index is 0.0165. The number of likely N-dealkylation sites (N-methyl/N-ethyl adjacent to an activating group) is 1. The van der Waals surface area contributed by atoms with Crippen LogP contribution in [0.2, 0.25) is 0 Å². The highest BCUT2D eigenvalue weighted by atomic mass is 16.5. The Morgan fingerprint density at radius 1 is 1.14 bits per heavy atom. The molecular formula is C21H28N2O6. The summed E-state index contributed by atoms with van der Waals surface area (Å²) >= 11 is 0. The van der Waals surface area contributed by atoms with Crippen molar-refractivity contribution in [3.63, 3.8) is 0 Å². The number of hydrogen-bond acceptors (Lipinski definition) is 6. The van der Waals surface area contributed by atoms with Gasteiger partial charge in [0.2, 0.25) is 5.91 Å². The number of benzene rings is 1. The summed E-state index contributed by atoms with van der Waals surface area (Å²) in [5.74, 6) is 0.450. The van der Waals surface area contributed by atoms with Crippen molar-refractivity contribution < 1.29 is 28.6 Å². The van der Waals surface area contributed by atoms with Gasteiger partial charge in [-0.25, -0.2) is 0 Å². The highest BCUT2D eigenvalue weighted by Gasteiger charge is 2.29. The van der Waals surface area contributed by atoms with Gasteiger partial charge in [-0.05, 0) is 38.0 Å². The second-order valence-corrected chi connectivity index (χ2v) is 7.28. The molecule has 8 nitrogen and oxygen atoms in total. The summed E-state index contributed by atoms with van der Waals surface area (Å²) in [6, 6.07) is 5.07. The summed E-state index contributed by atoms with van der Waals surface area (Å²) in [4.78, 5) is 40.3. The van der Waals surface area contributed by atoms with Crippen LogP contribution < -0.4 is 9.47 Å². The molecule has 3 rings (SSSR count). The van der Waals surface area contributed by atoms with Crippen LogP contribution in [0.5, 0.6) is 11.5 Å². The molecular weight excluding hydrogens is 376 g/mol. The van der Waals surface area contributed by atoms with E-state index in [1.807, 2.05) is 0 Å². The first-order valence-electron chi connectivity index (χ1n) is 10.1. The number of nitrogens with zero attached hydrogens (tertiary/aromatic N) is 2. The van der Waals surface area contributed by atoms with Gasteiger partial charge < -0.3 is 24.0 Å². The molecule has 1 aromatic rings. The molecule has 0 aromatic heterocycles. The number of fused-ring (bicyclic) bond motifs is 1. The maximum atomic E-state index is 12.7. The van der Waals surface area contributed by atoms with E-state index in [9.17, 15) is 14.4 Å². The molecule has 8 heteroatoms. The number of amides is 2. The van der Waals surface area contributed by atoms with Crippen LogP contribution in [0.25, 0.3) is 0 Å². The Hall–Kier alpha value is -2.77. The van der Waals surface area contributed by atoms with Crippen molar-refractivity contribution in [2.24, 2.45) is 5.92 Å². The molecule has 0 aliphatic carbocycles. The second-order valence-electron chi connectivity index (χ2n) is 7.28. The predicted molar refractivity (Wildman–Crippen MR) is 105 cm³/mol. The number of carbonyl (C=O) groups is 3. The molecule has 2 aliphatic heterocycles. The predicted octanol–water partition coefficient (Wildman–Crippen LogP) is 1.72. The highest BCUT2D eigenvalue weighted by molar-refractivity contribution is 5.97. The van der Waals surface area contributed by atoms with E-state index in [-0.39, 0.29) is 30.2 Å². The third-order valence-electron chi connectivity index (χ3n) is 5.18. The van der Waals surface area contributed by atoms with Gasteiger partial charge in [0, 0.05) is 32.1 Å². The minimum Gasteiger partial charge on any atom is -0.490 e. The number of likely N-dealkylation sites (tertiary alicyclic amines) is 1. The normalized spacial score (nSPS) is 16.7. The molecule has 0 radical (unpaired) electrons. The molecule has 0 atom stereocenters. The molecule has 1 aromatic carbocycles. The number of rotatable bonds is 5. The van der Waals surface area contributed by atoms with E-state index in [0.29, 0.717) is 62.8 Å². The third kappa shape index (κ3) is 5.19. The van der Waals surface area contributed by atoms with Gasteiger partial charge in [0.25, 0.3) is 5.91 Å². The van der Waals surface area contributed by atoms with Gasteiger partial charge in [0.05, 0.1) is 32.3 Å². The zero-order valence-electron chi connectivity index (χ0n) is 17.0. The van der Waals surface area contributed by atoms with Gasteiger partial charge in [-0.15, -0.1) is 0 Å². The van der Waals surface area contributed by atoms with Crippen LogP contribution in [0.4, 0.5) is 0 Å². The van der Waals surface area contributed by atoms with Gasteiger partial charge in [-0.3, -0.25) is 14.4 Å². The first kappa shape index (κ1) is 21.0. The lowest BCUT2D eigenvalue weighted by Crippen LogP contribution is -2.45. The fourth-order valence-corrected chi connectivity index (χ4v) is 3.52. The van der Waals surface area contributed by atoms with Gasteiger partial charge in [0.15, 0.2) is 11.5 Å². The van der Waals surface area contributed by atoms with Crippen molar-refractivity contribution in [3.8, 4) is 11.5 Å². The Labute approximate surface area is 170 Å². The van der Waals surface area contributed by atoms with Gasteiger partial charge in [0.1, 0.15) is 0 Å². The number of ether oxygens (including phenoxy) is 3. The average Bonchev–Trinajstić information content (AvgIpc) is 2.98. The third-order valence-corrected chi connectivity index (χ3v) is 5.18. The molecule has 29 heavy (non-hydrogen) atoms. The molecule has 0 spiro atoms. The van der Waals surface area contributed by atoms with Crippen LogP contribution >= 0.6 is 0 Å².